The van der Waals surface area contributed by atoms with Gasteiger partial charge in [0.2, 0.25) is 5.91 Å². The average molecular weight is 170 g/mol. The van der Waals surface area contributed by atoms with Crippen molar-refractivity contribution in [3.05, 3.63) is 0 Å². The van der Waals surface area contributed by atoms with Crippen molar-refractivity contribution in [3.8, 4) is 0 Å². The van der Waals surface area contributed by atoms with Crippen LogP contribution in [0.3, 0.4) is 0 Å². The highest BCUT2D eigenvalue weighted by Gasteiger charge is 2.31. The van der Waals surface area contributed by atoms with Crippen molar-refractivity contribution in [2.75, 3.05) is 20.3 Å². The zero-order valence-electron chi connectivity index (χ0n) is 8.21. The van der Waals surface area contributed by atoms with Crippen molar-refractivity contribution < 1.29 is 4.79 Å². The van der Waals surface area contributed by atoms with Crippen LogP contribution in [-0.2, 0) is 4.79 Å². The number of likely N-dealkylation sites (N-methyl/N-ethyl adjacent to an activating group) is 1. The van der Waals surface area contributed by atoms with Crippen molar-refractivity contribution in [3.63, 3.8) is 0 Å². The molecule has 1 atom stereocenters. The maximum absolute atomic E-state index is 11.4. The molecule has 1 heterocycles. The summed E-state index contributed by atoms with van der Waals surface area (Å²) in [5.41, 5.74) is 0. The van der Waals surface area contributed by atoms with Crippen LogP contribution in [0, 0.1) is 0 Å². The number of carbonyl (C=O) groups excluding carboxylic acids is 1. The summed E-state index contributed by atoms with van der Waals surface area (Å²) in [7, 11) is 1.87. The van der Waals surface area contributed by atoms with Gasteiger partial charge in [-0.1, -0.05) is 13.3 Å². The summed E-state index contributed by atoms with van der Waals surface area (Å²) in [4.78, 5) is 15.4. The quantitative estimate of drug-likeness (QED) is 0.628. The van der Waals surface area contributed by atoms with Gasteiger partial charge in [0.05, 0.1) is 12.7 Å². The van der Waals surface area contributed by atoms with Crippen molar-refractivity contribution >= 4 is 5.91 Å². The molecule has 0 spiro atoms. The largest absolute Gasteiger partial charge is 0.331 e. The van der Waals surface area contributed by atoms with Gasteiger partial charge in [-0.15, -0.1) is 0 Å². The van der Waals surface area contributed by atoms with E-state index in [1.54, 1.807) is 4.90 Å². The molecular formula is C9H18N2O. The molecule has 1 unspecified atom stereocenters. The van der Waals surface area contributed by atoms with Crippen LogP contribution in [0.5, 0.6) is 0 Å². The number of rotatable bonds is 3. The minimum absolute atomic E-state index is 0.0987. The molecule has 70 valence electrons. The Morgan fingerprint density at radius 1 is 1.58 bits per heavy atom. The van der Waals surface area contributed by atoms with E-state index >= 15 is 0 Å². The number of hydrogen-bond acceptors (Lipinski definition) is 2. The van der Waals surface area contributed by atoms with Crippen LogP contribution in [0.4, 0.5) is 0 Å². The van der Waals surface area contributed by atoms with Crippen molar-refractivity contribution in [2.45, 2.75) is 32.7 Å². The van der Waals surface area contributed by atoms with Crippen molar-refractivity contribution in [1.82, 2.24) is 9.80 Å². The van der Waals surface area contributed by atoms with Crippen LogP contribution in [0.15, 0.2) is 0 Å². The zero-order valence-corrected chi connectivity index (χ0v) is 8.21. The third kappa shape index (κ3) is 1.78. The van der Waals surface area contributed by atoms with Gasteiger partial charge in [0.15, 0.2) is 0 Å². The lowest BCUT2D eigenvalue weighted by Gasteiger charge is -2.17. The second-order valence-corrected chi connectivity index (χ2v) is 3.52. The van der Waals surface area contributed by atoms with E-state index < -0.39 is 0 Å². The third-order valence-electron chi connectivity index (χ3n) is 2.47. The fourth-order valence-corrected chi connectivity index (χ4v) is 1.57. The smallest absolute Gasteiger partial charge is 0.240 e. The van der Waals surface area contributed by atoms with E-state index in [0.29, 0.717) is 0 Å². The van der Waals surface area contributed by atoms with Gasteiger partial charge in [0.25, 0.3) is 0 Å². The summed E-state index contributed by atoms with van der Waals surface area (Å²) >= 11 is 0. The van der Waals surface area contributed by atoms with Crippen LogP contribution in [0.25, 0.3) is 0 Å². The van der Waals surface area contributed by atoms with Gasteiger partial charge in [-0.25, -0.2) is 0 Å². The predicted octanol–water partition coefficient (Wildman–Crippen LogP) is 0.906. The maximum Gasteiger partial charge on any atom is 0.240 e. The fraction of sp³-hybridized carbons (Fsp3) is 0.889. The maximum atomic E-state index is 11.4. The Hall–Kier alpha value is -0.570. The van der Waals surface area contributed by atoms with Gasteiger partial charge in [0.1, 0.15) is 0 Å². The summed E-state index contributed by atoms with van der Waals surface area (Å²) < 4.78 is 0. The first-order valence-electron chi connectivity index (χ1n) is 4.65. The highest BCUT2D eigenvalue weighted by molar-refractivity contribution is 5.82. The van der Waals surface area contributed by atoms with Crippen LogP contribution in [0.2, 0.25) is 0 Å². The molecule has 0 aromatic carbocycles. The van der Waals surface area contributed by atoms with Crippen molar-refractivity contribution in [2.24, 2.45) is 0 Å². The molecule has 1 rings (SSSR count). The second-order valence-electron chi connectivity index (χ2n) is 3.52. The topological polar surface area (TPSA) is 23.6 Å². The summed E-state index contributed by atoms with van der Waals surface area (Å²) in [6, 6.07) is 0.0987. The average Bonchev–Trinajstić information content (AvgIpc) is 2.30. The molecule has 1 aliphatic rings. The summed E-state index contributed by atoms with van der Waals surface area (Å²) in [6.45, 7) is 6.02. The first-order valence-corrected chi connectivity index (χ1v) is 4.65. The van der Waals surface area contributed by atoms with Crippen LogP contribution < -0.4 is 0 Å². The molecule has 0 bridgehead atoms. The van der Waals surface area contributed by atoms with Gasteiger partial charge in [0, 0.05) is 13.6 Å². The summed E-state index contributed by atoms with van der Waals surface area (Å²) in [5, 5.41) is 0. The molecule has 3 heteroatoms. The normalized spacial score (nSPS) is 25.4. The highest BCUT2D eigenvalue weighted by atomic mass is 16.2. The minimum atomic E-state index is 0.0987. The van der Waals surface area contributed by atoms with E-state index in [0.717, 1.165) is 13.2 Å². The number of nitrogens with zero attached hydrogens (tertiary/aromatic N) is 2. The lowest BCUT2D eigenvalue weighted by Crippen LogP contribution is -2.30. The molecule has 12 heavy (non-hydrogen) atoms. The molecule has 0 aliphatic carbocycles. The molecule has 1 fully saturated rings. The van der Waals surface area contributed by atoms with Gasteiger partial charge in [-0.3, -0.25) is 9.69 Å². The van der Waals surface area contributed by atoms with Crippen molar-refractivity contribution in [1.29, 1.82) is 0 Å². The molecular weight excluding hydrogens is 152 g/mol. The van der Waals surface area contributed by atoms with Crippen LogP contribution >= 0.6 is 0 Å². The molecule has 0 saturated carbocycles. The molecule has 1 saturated heterocycles. The Kier molecular flexibility index (Phi) is 3.09. The molecule has 1 amide bonds. The van der Waals surface area contributed by atoms with Gasteiger partial charge < -0.3 is 4.90 Å². The SMILES string of the molecule is CCCCN1CN(C)C(=O)C1C. The van der Waals surface area contributed by atoms with Crippen LogP contribution in [0.1, 0.15) is 26.7 Å². The van der Waals surface area contributed by atoms with E-state index in [1.165, 1.54) is 12.8 Å². The molecule has 0 aromatic rings. The molecule has 1 aliphatic heterocycles. The first kappa shape index (κ1) is 9.52. The Labute approximate surface area is 74.3 Å². The van der Waals surface area contributed by atoms with E-state index in [2.05, 4.69) is 11.8 Å². The van der Waals surface area contributed by atoms with Gasteiger partial charge in [-0.2, -0.15) is 0 Å². The Morgan fingerprint density at radius 2 is 2.25 bits per heavy atom. The van der Waals surface area contributed by atoms with E-state index in [1.807, 2.05) is 14.0 Å². The summed E-state index contributed by atoms with van der Waals surface area (Å²) in [6.07, 6.45) is 2.38. The number of carbonyl (C=O) groups is 1. The van der Waals surface area contributed by atoms with E-state index in [9.17, 15) is 4.79 Å². The molecule has 0 radical (unpaired) electrons. The standard InChI is InChI=1S/C9H18N2O/c1-4-5-6-11-7-10(3)9(12)8(11)2/h8H,4-7H2,1-3H3. The third-order valence-corrected chi connectivity index (χ3v) is 2.47. The van der Waals surface area contributed by atoms with Crippen LogP contribution in [-0.4, -0.2) is 42.0 Å². The van der Waals surface area contributed by atoms with E-state index in [4.69, 9.17) is 0 Å². The lowest BCUT2D eigenvalue weighted by atomic mass is 10.2. The number of unbranched alkanes of at least 4 members (excludes halogenated alkanes) is 1. The predicted molar refractivity (Wildman–Crippen MR) is 48.7 cm³/mol. The van der Waals surface area contributed by atoms with E-state index in [-0.39, 0.29) is 11.9 Å². The highest BCUT2D eigenvalue weighted by Crippen LogP contribution is 2.12. The molecule has 3 nitrogen and oxygen atoms in total. The number of hydrogen-bond donors (Lipinski definition) is 0. The van der Waals surface area contributed by atoms with Gasteiger partial charge >= 0.3 is 0 Å². The lowest BCUT2D eigenvalue weighted by molar-refractivity contribution is -0.127. The Balaban J connectivity index is 2.42. The first-order chi connectivity index (χ1) is 5.66. The Morgan fingerprint density at radius 3 is 2.67 bits per heavy atom. The monoisotopic (exact) mass is 170 g/mol. The fourth-order valence-electron chi connectivity index (χ4n) is 1.57. The minimum Gasteiger partial charge on any atom is -0.331 e. The second kappa shape index (κ2) is 3.90. The zero-order chi connectivity index (χ0) is 9.14. The summed E-state index contributed by atoms with van der Waals surface area (Å²) in [5.74, 6) is 0.256. The molecule has 0 aromatic heterocycles. The van der Waals surface area contributed by atoms with Gasteiger partial charge in [-0.05, 0) is 13.3 Å². The number of amides is 1. The Bertz CT molecular complexity index is 170. The molecule has 0 N–H and O–H groups in total.